The summed E-state index contributed by atoms with van der Waals surface area (Å²) in [4.78, 5) is 24.2. The van der Waals surface area contributed by atoms with Crippen molar-refractivity contribution < 1.29 is 9.59 Å². The van der Waals surface area contributed by atoms with Crippen molar-refractivity contribution in [3.63, 3.8) is 0 Å². The number of carbonyl (C=O) groups excluding carboxylic acids is 2. The Morgan fingerprint density at radius 1 is 1.22 bits per heavy atom. The predicted molar refractivity (Wildman–Crippen MR) is 76.0 cm³/mol. The Bertz CT molecular complexity index is 526. The maximum absolute atomic E-state index is 12.2. The Kier molecular flexibility index (Phi) is 3.68. The molecule has 0 N–H and O–H groups in total. The van der Waals surface area contributed by atoms with Crippen LogP contribution in [0, 0.1) is 0 Å². The second-order valence-corrected chi connectivity index (χ2v) is 7.18. The molecule has 1 aliphatic rings. The van der Waals surface area contributed by atoms with Crippen LogP contribution < -0.4 is 0 Å². The number of ketones is 1. The molecule has 1 aromatic rings. The molecule has 1 aromatic carbocycles. The van der Waals surface area contributed by atoms with Gasteiger partial charge in [0.25, 0.3) is 5.91 Å². The summed E-state index contributed by atoms with van der Waals surface area (Å²) in [5, 5.41) is 5.39. The Morgan fingerprint density at radius 3 is 2.39 bits per heavy atom. The van der Waals surface area contributed by atoms with Crippen molar-refractivity contribution in [1.29, 1.82) is 0 Å². The van der Waals surface area contributed by atoms with Crippen LogP contribution in [-0.2, 0) is 9.59 Å². The van der Waals surface area contributed by atoms with Crippen LogP contribution in [0.25, 0.3) is 0 Å². The molecule has 1 heterocycles. The Balaban J connectivity index is 2.53. The summed E-state index contributed by atoms with van der Waals surface area (Å²) in [5.41, 5.74) is 0.961. The SMILES string of the molecule is CCN1N=C(c2ccccc2)C(=O)C(Br)(Br)C1=O. The standard InChI is InChI=1S/C12H10Br2N2O2/c1-2-16-11(18)12(13,14)10(17)9(15-16)8-6-4-3-5-7-8/h3-7H,2H2,1H3. The molecular weight excluding hydrogens is 364 g/mol. The monoisotopic (exact) mass is 372 g/mol. The summed E-state index contributed by atoms with van der Waals surface area (Å²) < 4.78 is -1.41. The molecule has 0 radical (unpaired) electrons. The zero-order chi connectivity index (χ0) is 13.3. The van der Waals surface area contributed by atoms with Gasteiger partial charge >= 0.3 is 0 Å². The molecule has 0 aliphatic carbocycles. The van der Waals surface area contributed by atoms with Crippen LogP contribution in [0.2, 0.25) is 0 Å². The lowest BCUT2D eigenvalue weighted by atomic mass is 10.0. The minimum absolute atomic E-state index is 0.269. The molecule has 4 nitrogen and oxygen atoms in total. The van der Waals surface area contributed by atoms with E-state index >= 15 is 0 Å². The number of Topliss-reactive ketones (excluding diaryl/α,β-unsaturated/α-hetero) is 1. The van der Waals surface area contributed by atoms with Gasteiger partial charge in [-0.15, -0.1) is 0 Å². The van der Waals surface area contributed by atoms with E-state index in [2.05, 4.69) is 37.0 Å². The van der Waals surface area contributed by atoms with Crippen LogP contribution in [0.1, 0.15) is 12.5 Å². The lowest BCUT2D eigenvalue weighted by Gasteiger charge is -2.29. The molecule has 0 fully saturated rings. The fourth-order valence-electron chi connectivity index (χ4n) is 1.62. The first-order valence-electron chi connectivity index (χ1n) is 5.37. The van der Waals surface area contributed by atoms with Crippen molar-refractivity contribution >= 4 is 49.3 Å². The third-order valence-corrected chi connectivity index (χ3v) is 3.97. The van der Waals surface area contributed by atoms with Crippen LogP contribution in [-0.4, -0.2) is 32.2 Å². The van der Waals surface area contributed by atoms with Gasteiger partial charge in [0.1, 0.15) is 5.71 Å². The van der Waals surface area contributed by atoms with Crippen molar-refractivity contribution in [3.05, 3.63) is 35.9 Å². The number of carbonyl (C=O) groups is 2. The highest BCUT2D eigenvalue weighted by molar-refractivity contribution is 9.26. The van der Waals surface area contributed by atoms with Gasteiger partial charge in [-0.3, -0.25) is 9.59 Å². The number of alkyl halides is 2. The molecule has 0 spiro atoms. The third-order valence-electron chi connectivity index (χ3n) is 2.57. The number of nitrogens with zero attached hydrogens (tertiary/aromatic N) is 2. The molecule has 0 bridgehead atoms. The van der Waals surface area contributed by atoms with Crippen molar-refractivity contribution in [3.8, 4) is 0 Å². The molecule has 2 rings (SSSR count). The van der Waals surface area contributed by atoms with Crippen LogP contribution in [0.4, 0.5) is 0 Å². The van der Waals surface area contributed by atoms with Gasteiger partial charge in [0, 0.05) is 12.1 Å². The van der Waals surface area contributed by atoms with Crippen molar-refractivity contribution in [1.82, 2.24) is 5.01 Å². The molecule has 0 aromatic heterocycles. The molecule has 6 heteroatoms. The number of amides is 1. The highest BCUT2D eigenvalue weighted by atomic mass is 79.9. The molecule has 94 valence electrons. The number of hydrogen-bond acceptors (Lipinski definition) is 3. The topological polar surface area (TPSA) is 49.7 Å². The van der Waals surface area contributed by atoms with E-state index < -0.39 is 9.14 Å². The van der Waals surface area contributed by atoms with Gasteiger partial charge in [-0.05, 0) is 6.92 Å². The van der Waals surface area contributed by atoms with E-state index in [4.69, 9.17) is 0 Å². The normalized spacial score (nSPS) is 18.8. The maximum atomic E-state index is 12.2. The molecule has 1 amide bonds. The van der Waals surface area contributed by atoms with Gasteiger partial charge in [-0.2, -0.15) is 5.10 Å². The summed E-state index contributed by atoms with van der Waals surface area (Å²) in [6.07, 6.45) is 0. The molecular formula is C12H10Br2N2O2. The van der Waals surface area contributed by atoms with E-state index in [1.54, 1.807) is 19.1 Å². The molecule has 18 heavy (non-hydrogen) atoms. The minimum Gasteiger partial charge on any atom is -0.289 e. The lowest BCUT2D eigenvalue weighted by Crippen LogP contribution is -2.51. The Hall–Kier alpha value is -1.01. The number of benzene rings is 1. The van der Waals surface area contributed by atoms with Crippen LogP contribution >= 0.6 is 31.9 Å². The lowest BCUT2D eigenvalue weighted by molar-refractivity contribution is -0.134. The molecule has 0 saturated carbocycles. The van der Waals surface area contributed by atoms with Crippen molar-refractivity contribution in [2.24, 2.45) is 5.10 Å². The fourth-order valence-corrected chi connectivity index (χ4v) is 2.40. The average molecular weight is 374 g/mol. The zero-order valence-electron chi connectivity index (χ0n) is 9.56. The van der Waals surface area contributed by atoms with E-state index in [9.17, 15) is 9.59 Å². The quantitative estimate of drug-likeness (QED) is 0.590. The number of hydrazone groups is 1. The molecule has 0 saturated heterocycles. The van der Waals surface area contributed by atoms with Crippen LogP contribution in [0.15, 0.2) is 35.4 Å². The Morgan fingerprint density at radius 2 is 1.83 bits per heavy atom. The van der Waals surface area contributed by atoms with Gasteiger partial charge < -0.3 is 0 Å². The van der Waals surface area contributed by atoms with Gasteiger partial charge in [-0.1, -0.05) is 62.2 Å². The summed E-state index contributed by atoms with van der Waals surface area (Å²) in [6.45, 7) is 2.21. The van der Waals surface area contributed by atoms with E-state index in [-0.39, 0.29) is 11.5 Å². The average Bonchev–Trinajstić information content (AvgIpc) is 2.38. The predicted octanol–water partition coefficient (Wildman–Crippen LogP) is 2.31. The number of hydrogen-bond donors (Lipinski definition) is 0. The Labute approximate surface area is 121 Å². The summed E-state index contributed by atoms with van der Waals surface area (Å²) in [6, 6.07) is 9.08. The first kappa shape index (κ1) is 13.4. The maximum Gasteiger partial charge on any atom is 0.278 e. The highest BCUT2D eigenvalue weighted by Gasteiger charge is 2.49. The molecule has 1 aliphatic heterocycles. The van der Waals surface area contributed by atoms with Gasteiger partial charge in [-0.25, -0.2) is 5.01 Å². The van der Waals surface area contributed by atoms with E-state index in [1.165, 1.54) is 5.01 Å². The van der Waals surface area contributed by atoms with Gasteiger partial charge in [0.15, 0.2) is 0 Å². The van der Waals surface area contributed by atoms with Crippen LogP contribution in [0.5, 0.6) is 0 Å². The molecule has 0 atom stereocenters. The largest absolute Gasteiger partial charge is 0.289 e. The highest BCUT2D eigenvalue weighted by Crippen LogP contribution is 2.34. The van der Waals surface area contributed by atoms with E-state index in [0.717, 1.165) is 0 Å². The van der Waals surface area contributed by atoms with Gasteiger partial charge in [0.05, 0.1) is 0 Å². The van der Waals surface area contributed by atoms with Crippen molar-refractivity contribution in [2.45, 2.75) is 10.2 Å². The smallest absolute Gasteiger partial charge is 0.278 e. The van der Waals surface area contributed by atoms with Crippen LogP contribution in [0.3, 0.4) is 0 Å². The zero-order valence-corrected chi connectivity index (χ0v) is 12.7. The second-order valence-electron chi connectivity index (χ2n) is 3.74. The van der Waals surface area contributed by atoms with E-state index in [0.29, 0.717) is 12.1 Å². The minimum atomic E-state index is -1.41. The van der Waals surface area contributed by atoms with Gasteiger partial charge in [0.2, 0.25) is 9.02 Å². The first-order valence-corrected chi connectivity index (χ1v) is 6.95. The summed E-state index contributed by atoms with van der Waals surface area (Å²) in [7, 11) is 0. The molecule has 0 unspecified atom stereocenters. The fraction of sp³-hybridized carbons (Fsp3) is 0.250. The third kappa shape index (κ3) is 2.14. The first-order chi connectivity index (χ1) is 8.48. The number of halogens is 2. The summed E-state index contributed by atoms with van der Waals surface area (Å²) in [5.74, 6) is -0.793. The second kappa shape index (κ2) is 4.93. The van der Waals surface area contributed by atoms with E-state index in [1.807, 2.05) is 18.2 Å². The summed E-state index contributed by atoms with van der Waals surface area (Å²) >= 11 is 6.27. The van der Waals surface area contributed by atoms with Crippen molar-refractivity contribution in [2.75, 3.05) is 6.54 Å². The number of rotatable bonds is 2.